The van der Waals surface area contributed by atoms with Gasteiger partial charge < -0.3 is 0 Å². The Kier molecular flexibility index (Phi) is 3.55. The molecule has 9 heteroatoms. The van der Waals surface area contributed by atoms with Gasteiger partial charge in [0.1, 0.15) is 10.5 Å². The Morgan fingerprint density at radius 3 is 2.42 bits per heavy atom. The molecule has 2 aromatic heterocycles. The molecule has 1 amide bonds. The predicted octanol–water partition coefficient (Wildman–Crippen LogP) is 3.44. The molecule has 0 aliphatic heterocycles. The Morgan fingerprint density at radius 2 is 1.83 bits per heavy atom. The first kappa shape index (κ1) is 15.7. The average molecular weight is 335 g/mol. The predicted molar refractivity (Wildman–Crippen MR) is 77.0 cm³/mol. The average Bonchev–Trinajstić information content (AvgIpc) is 2.96. The topological polar surface area (TPSA) is 77.5 Å². The second-order valence-electron chi connectivity index (χ2n) is 4.94. The third kappa shape index (κ3) is 2.71. The van der Waals surface area contributed by atoms with Crippen molar-refractivity contribution < 1.29 is 22.9 Å². The molecule has 0 saturated heterocycles. The summed E-state index contributed by atoms with van der Waals surface area (Å²) in [5, 5.41) is 14.6. The number of hydrogen-bond acceptors (Lipinski definition) is 4. The highest BCUT2D eigenvalue weighted by molar-refractivity contribution is 5.91. The van der Waals surface area contributed by atoms with E-state index >= 15 is 0 Å². The summed E-state index contributed by atoms with van der Waals surface area (Å²) >= 11 is 0. The van der Waals surface area contributed by atoms with Crippen molar-refractivity contribution in [2.45, 2.75) is 6.18 Å². The standard InChI is InChI=1S/C15H8F3N3O3/c16-15(17,18)11-3-1-9(2-4-11)12-8-19-20-6-5-10(7-13(12)20)14(22)21(23)24/h1-8H. The summed E-state index contributed by atoms with van der Waals surface area (Å²) in [4.78, 5) is 21.0. The minimum atomic E-state index is -4.44. The van der Waals surface area contributed by atoms with Gasteiger partial charge in [0.2, 0.25) is 0 Å². The summed E-state index contributed by atoms with van der Waals surface area (Å²) in [6.07, 6.45) is -1.65. The number of pyridine rings is 1. The van der Waals surface area contributed by atoms with Crippen molar-refractivity contribution in [1.82, 2.24) is 9.61 Å². The van der Waals surface area contributed by atoms with Crippen molar-refractivity contribution in [3.05, 3.63) is 70.0 Å². The molecule has 0 spiro atoms. The van der Waals surface area contributed by atoms with E-state index in [1.54, 1.807) is 0 Å². The Balaban J connectivity index is 2.08. The van der Waals surface area contributed by atoms with Gasteiger partial charge in [0.25, 0.3) is 0 Å². The van der Waals surface area contributed by atoms with Crippen LogP contribution in [0.2, 0.25) is 0 Å². The highest BCUT2D eigenvalue weighted by Gasteiger charge is 2.30. The van der Waals surface area contributed by atoms with Crippen LogP contribution < -0.4 is 0 Å². The minimum Gasteiger partial charge on any atom is -0.255 e. The SMILES string of the molecule is O=C(c1ccn2ncc(-c3ccc(C(F)(F)F)cc3)c2c1)[N+](=O)[O-]. The number of amides is 1. The van der Waals surface area contributed by atoms with Gasteiger partial charge in [-0.3, -0.25) is 10.1 Å². The lowest BCUT2D eigenvalue weighted by molar-refractivity contribution is -0.375. The van der Waals surface area contributed by atoms with Crippen LogP contribution in [0.15, 0.2) is 48.8 Å². The number of carbonyl (C=O) groups excluding carboxylic acids is 1. The lowest BCUT2D eigenvalue weighted by Crippen LogP contribution is -2.11. The molecule has 0 saturated carbocycles. The van der Waals surface area contributed by atoms with E-state index in [0.29, 0.717) is 16.6 Å². The molecule has 0 unspecified atom stereocenters. The van der Waals surface area contributed by atoms with Crippen LogP contribution in [0.3, 0.4) is 0 Å². The highest BCUT2D eigenvalue weighted by atomic mass is 19.4. The molecule has 0 bridgehead atoms. The number of aromatic nitrogens is 2. The van der Waals surface area contributed by atoms with Gasteiger partial charge in [-0.1, -0.05) is 12.1 Å². The number of rotatable bonds is 2. The lowest BCUT2D eigenvalue weighted by atomic mass is 10.0. The van der Waals surface area contributed by atoms with Gasteiger partial charge in [0, 0.05) is 11.8 Å². The Morgan fingerprint density at radius 1 is 1.17 bits per heavy atom. The first-order valence-electron chi connectivity index (χ1n) is 6.61. The van der Waals surface area contributed by atoms with E-state index in [-0.39, 0.29) is 5.56 Å². The van der Waals surface area contributed by atoms with Gasteiger partial charge in [-0.25, -0.2) is 9.31 Å². The number of benzene rings is 1. The summed E-state index contributed by atoms with van der Waals surface area (Å²) in [7, 11) is 0. The van der Waals surface area contributed by atoms with Crippen LogP contribution in [-0.2, 0) is 6.18 Å². The van der Waals surface area contributed by atoms with Gasteiger partial charge in [-0.15, -0.1) is 0 Å². The third-order valence-electron chi connectivity index (χ3n) is 3.46. The number of fused-ring (bicyclic) bond motifs is 1. The highest BCUT2D eigenvalue weighted by Crippen LogP contribution is 2.32. The zero-order chi connectivity index (χ0) is 17.5. The van der Waals surface area contributed by atoms with Gasteiger partial charge in [0.05, 0.1) is 17.3 Å². The van der Waals surface area contributed by atoms with Crippen molar-refractivity contribution in [3.8, 4) is 11.1 Å². The monoisotopic (exact) mass is 335 g/mol. The zero-order valence-corrected chi connectivity index (χ0v) is 11.8. The summed E-state index contributed by atoms with van der Waals surface area (Å²) < 4.78 is 39.2. The molecule has 122 valence electrons. The molecule has 0 radical (unpaired) electrons. The zero-order valence-electron chi connectivity index (χ0n) is 11.8. The maximum Gasteiger partial charge on any atom is 0.476 e. The minimum absolute atomic E-state index is 0.138. The van der Waals surface area contributed by atoms with Crippen LogP contribution in [0.1, 0.15) is 15.9 Å². The number of nitrogens with zero attached hydrogens (tertiary/aromatic N) is 3. The molecule has 0 aliphatic rings. The van der Waals surface area contributed by atoms with E-state index in [9.17, 15) is 28.1 Å². The van der Waals surface area contributed by atoms with Crippen LogP contribution in [0, 0.1) is 10.1 Å². The lowest BCUT2D eigenvalue weighted by Gasteiger charge is -2.07. The van der Waals surface area contributed by atoms with E-state index in [2.05, 4.69) is 5.10 Å². The normalized spacial score (nSPS) is 11.6. The van der Waals surface area contributed by atoms with E-state index in [4.69, 9.17) is 0 Å². The number of alkyl halides is 3. The van der Waals surface area contributed by atoms with Crippen LogP contribution >= 0.6 is 0 Å². The molecule has 0 fully saturated rings. The molecule has 0 atom stereocenters. The third-order valence-corrected chi connectivity index (χ3v) is 3.46. The summed E-state index contributed by atoms with van der Waals surface area (Å²) in [6, 6.07) is 6.96. The Labute approximate surface area is 132 Å². The summed E-state index contributed by atoms with van der Waals surface area (Å²) in [5.74, 6) is -1.27. The van der Waals surface area contributed by atoms with Crippen molar-refractivity contribution in [2.75, 3.05) is 0 Å². The quantitative estimate of drug-likeness (QED) is 0.531. The van der Waals surface area contributed by atoms with Crippen LogP contribution in [0.5, 0.6) is 0 Å². The number of nitro groups is 1. The molecule has 0 N–H and O–H groups in total. The molecule has 0 aliphatic carbocycles. The van der Waals surface area contributed by atoms with Crippen molar-refractivity contribution >= 4 is 11.4 Å². The fraction of sp³-hybridized carbons (Fsp3) is 0.0667. The fourth-order valence-corrected chi connectivity index (χ4v) is 2.28. The Bertz CT molecular complexity index is 946. The Hall–Kier alpha value is -3.23. The van der Waals surface area contributed by atoms with Gasteiger partial charge >= 0.3 is 12.1 Å². The molecular formula is C15H8F3N3O3. The maximum atomic E-state index is 12.6. The molecule has 2 heterocycles. The molecule has 6 nitrogen and oxygen atoms in total. The van der Waals surface area contributed by atoms with E-state index in [1.807, 2.05) is 0 Å². The first-order valence-corrected chi connectivity index (χ1v) is 6.61. The number of halogens is 3. The maximum absolute atomic E-state index is 12.6. The van der Waals surface area contributed by atoms with Gasteiger partial charge in [-0.2, -0.15) is 18.3 Å². The smallest absolute Gasteiger partial charge is 0.255 e. The molecule has 3 aromatic rings. The van der Waals surface area contributed by atoms with E-state index < -0.39 is 22.6 Å². The van der Waals surface area contributed by atoms with Crippen molar-refractivity contribution in [1.29, 1.82) is 0 Å². The van der Waals surface area contributed by atoms with Crippen molar-refractivity contribution in [3.63, 3.8) is 0 Å². The largest absolute Gasteiger partial charge is 0.476 e. The van der Waals surface area contributed by atoms with E-state index in [0.717, 1.165) is 12.1 Å². The van der Waals surface area contributed by atoms with Crippen LogP contribution in [0.4, 0.5) is 13.2 Å². The van der Waals surface area contributed by atoms with Crippen LogP contribution in [-0.4, -0.2) is 20.4 Å². The summed E-state index contributed by atoms with van der Waals surface area (Å²) in [5.41, 5.74) is 0.362. The molecular weight excluding hydrogens is 327 g/mol. The summed E-state index contributed by atoms with van der Waals surface area (Å²) in [6.45, 7) is 0. The van der Waals surface area contributed by atoms with E-state index in [1.165, 1.54) is 41.2 Å². The number of hydrogen-bond donors (Lipinski definition) is 0. The van der Waals surface area contributed by atoms with Crippen molar-refractivity contribution in [2.24, 2.45) is 0 Å². The van der Waals surface area contributed by atoms with Crippen LogP contribution in [0.25, 0.3) is 16.6 Å². The fourth-order valence-electron chi connectivity index (χ4n) is 2.28. The first-order chi connectivity index (χ1) is 11.3. The second-order valence-corrected chi connectivity index (χ2v) is 4.94. The number of carbonyl (C=O) groups is 1. The van der Waals surface area contributed by atoms with Gasteiger partial charge in [0.15, 0.2) is 0 Å². The second kappa shape index (κ2) is 5.44. The molecule has 1 aromatic carbocycles. The van der Waals surface area contributed by atoms with Gasteiger partial charge in [-0.05, 0) is 29.8 Å². The molecule has 3 rings (SSSR count). The molecule has 24 heavy (non-hydrogen) atoms.